The lowest BCUT2D eigenvalue weighted by atomic mass is 10.2. The molecule has 2 atom stereocenters. The van der Waals surface area contributed by atoms with Crippen molar-refractivity contribution in [1.82, 2.24) is 0 Å². The van der Waals surface area contributed by atoms with Gasteiger partial charge in [0.15, 0.2) is 9.84 Å². The van der Waals surface area contributed by atoms with Crippen molar-refractivity contribution >= 4 is 9.84 Å². The van der Waals surface area contributed by atoms with E-state index in [1.165, 1.54) is 0 Å². The summed E-state index contributed by atoms with van der Waals surface area (Å²) < 4.78 is 23.2. The SMILES string of the molecule is CC(C)CS(=O)(=O)C(C)CC(C)N. The van der Waals surface area contributed by atoms with Crippen molar-refractivity contribution < 1.29 is 8.42 Å². The highest BCUT2D eigenvalue weighted by Crippen LogP contribution is 2.11. The molecule has 0 saturated heterocycles. The van der Waals surface area contributed by atoms with Gasteiger partial charge in [-0.2, -0.15) is 0 Å². The van der Waals surface area contributed by atoms with Gasteiger partial charge in [-0.15, -0.1) is 0 Å². The van der Waals surface area contributed by atoms with Crippen LogP contribution < -0.4 is 5.73 Å². The number of hydrogen-bond donors (Lipinski definition) is 1. The molecule has 0 heterocycles. The minimum Gasteiger partial charge on any atom is -0.328 e. The molecule has 80 valence electrons. The molecule has 0 aliphatic rings. The number of sulfone groups is 1. The first-order chi connectivity index (χ1) is 5.75. The maximum absolute atomic E-state index is 11.6. The first-order valence-electron chi connectivity index (χ1n) is 4.73. The average molecular weight is 207 g/mol. The summed E-state index contributed by atoms with van der Waals surface area (Å²) in [5.41, 5.74) is 5.56. The molecule has 0 aliphatic carbocycles. The van der Waals surface area contributed by atoms with Crippen molar-refractivity contribution in [1.29, 1.82) is 0 Å². The molecule has 4 heteroatoms. The molecule has 0 saturated carbocycles. The van der Waals surface area contributed by atoms with Crippen LogP contribution >= 0.6 is 0 Å². The van der Waals surface area contributed by atoms with Crippen LogP contribution in [0.1, 0.15) is 34.1 Å². The van der Waals surface area contributed by atoms with E-state index in [4.69, 9.17) is 5.73 Å². The van der Waals surface area contributed by atoms with Crippen LogP contribution in [0.25, 0.3) is 0 Å². The monoisotopic (exact) mass is 207 g/mol. The van der Waals surface area contributed by atoms with Crippen molar-refractivity contribution in [3.05, 3.63) is 0 Å². The Morgan fingerprint density at radius 3 is 1.92 bits per heavy atom. The summed E-state index contributed by atoms with van der Waals surface area (Å²) in [5, 5.41) is -0.310. The standard InChI is InChI=1S/C9H21NO2S/c1-7(2)6-13(11,12)9(4)5-8(3)10/h7-9H,5-6,10H2,1-4H3. The third-order valence-electron chi connectivity index (χ3n) is 1.88. The minimum absolute atomic E-state index is 0.0445. The molecule has 3 nitrogen and oxygen atoms in total. The molecule has 0 aromatic rings. The van der Waals surface area contributed by atoms with E-state index < -0.39 is 9.84 Å². The van der Waals surface area contributed by atoms with E-state index >= 15 is 0 Å². The molecule has 0 amide bonds. The van der Waals surface area contributed by atoms with Gasteiger partial charge in [0.1, 0.15) is 0 Å². The summed E-state index contributed by atoms with van der Waals surface area (Å²) in [7, 11) is -2.93. The predicted molar refractivity (Wildman–Crippen MR) is 56.4 cm³/mol. The third-order valence-corrected chi connectivity index (χ3v) is 4.43. The Kier molecular flexibility index (Phi) is 4.92. The number of nitrogens with two attached hydrogens (primary N) is 1. The van der Waals surface area contributed by atoms with E-state index in [-0.39, 0.29) is 23.0 Å². The van der Waals surface area contributed by atoms with Crippen molar-refractivity contribution in [3.8, 4) is 0 Å². The lowest BCUT2D eigenvalue weighted by Gasteiger charge is -2.16. The van der Waals surface area contributed by atoms with E-state index in [1.54, 1.807) is 6.92 Å². The Morgan fingerprint density at radius 2 is 1.62 bits per heavy atom. The molecular weight excluding hydrogens is 186 g/mol. The minimum atomic E-state index is -2.93. The fourth-order valence-corrected chi connectivity index (χ4v) is 3.15. The van der Waals surface area contributed by atoms with E-state index in [0.717, 1.165) is 0 Å². The van der Waals surface area contributed by atoms with Crippen LogP contribution in [-0.4, -0.2) is 25.5 Å². The quantitative estimate of drug-likeness (QED) is 0.736. The summed E-state index contributed by atoms with van der Waals surface area (Å²) in [6.45, 7) is 7.40. The molecule has 0 aromatic heterocycles. The van der Waals surface area contributed by atoms with Crippen molar-refractivity contribution in [2.45, 2.75) is 45.4 Å². The van der Waals surface area contributed by atoms with Gasteiger partial charge in [-0.25, -0.2) is 8.42 Å². The van der Waals surface area contributed by atoms with E-state index in [1.807, 2.05) is 20.8 Å². The fraction of sp³-hybridized carbons (Fsp3) is 1.00. The molecule has 0 fully saturated rings. The smallest absolute Gasteiger partial charge is 0.153 e. The van der Waals surface area contributed by atoms with Gasteiger partial charge >= 0.3 is 0 Å². The van der Waals surface area contributed by atoms with Crippen LogP contribution in [0.3, 0.4) is 0 Å². The van der Waals surface area contributed by atoms with Crippen LogP contribution in [0.5, 0.6) is 0 Å². The predicted octanol–water partition coefficient (Wildman–Crippen LogP) is 1.18. The van der Waals surface area contributed by atoms with Gasteiger partial charge in [0.2, 0.25) is 0 Å². The van der Waals surface area contributed by atoms with E-state index in [0.29, 0.717) is 6.42 Å². The van der Waals surface area contributed by atoms with Crippen molar-refractivity contribution in [2.24, 2.45) is 11.7 Å². The second-order valence-corrected chi connectivity index (χ2v) is 6.71. The molecule has 0 radical (unpaired) electrons. The normalized spacial score (nSPS) is 17.4. The van der Waals surface area contributed by atoms with Gasteiger partial charge in [0, 0.05) is 6.04 Å². The van der Waals surface area contributed by atoms with Crippen LogP contribution in [0.2, 0.25) is 0 Å². The second-order valence-electron chi connectivity index (χ2n) is 4.25. The maximum atomic E-state index is 11.6. The van der Waals surface area contributed by atoms with Crippen LogP contribution in [0, 0.1) is 5.92 Å². The van der Waals surface area contributed by atoms with Crippen LogP contribution in [-0.2, 0) is 9.84 Å². The molecule has 0 rings (SSSR count). The largest absolute Gasteiger partial charge is 0.328 e. The third kappa shape index (κ3) is 5.26. The van der Waals surface area contributed by atoms with E-state index in [9.17, 15) is 8.42 Å². The topological polar surface area (TPSA) is 60.2 Å². The Labute approximate surface area is 81.6 Å². The molecular formula is C9H21NO2S. The molecule has 0 spiro atoms. The summed E-state index contributed by atoms with van der Waals surface area (Å²) in [5.74, 6) is 0.460. The van der Waals surface area contributed by atoms with Gasteiger partial charge in [-0.1, -0.05) is 13.8 Å². The summed E-state index contributed by atoms with van der Waals surface area (Å²) >= 11 is 0. The highest BCUT2D eigenvalue weighted by molar-refractivity contribution is 7.92. The van der Waals surface area contributed by atoms with Gasteiger partial charge < -0.3 is 5.73 Å². The summed E-state index contributed by atoms with van der Waals surface area (Å²) in [6.07, 6.45) is 0.551. The lowest BCUT2D eigenvalue weighted by Crippen LogP contribution is -2.30. The number of rotatable bonds is 5. The Hall–Kier alpha value is -0.0900. The molecule has 0 aromatic carbocycles. The summed E-state index contributed by atoms with van der Waals surface area (Å²) in [6, 6.07) is -0.0445. The van der Waals surface area contributed by atoms with Crippen LogP contribution in [0.15, 0.2) is 0 Å². The first kappa shape index (κ1) is 12.9. The van der Waals surface area contributed by atoms with E-state index in [2.05, 4.69) is 0 Å². The summed E-state index contributed by atoms with van der Waals surface area (Å²) in [4.78, 5) is 0. The highest BCUT2D eigenvalue weighted by Gasteiger charge is 2.22. The second kappa shape index (κ2) is 4.96. The zero-order valence-corrected chi connectivity index (χ0v) is 9.76. The highest BCUT2D eigenvalue weighted by atomic mass is 32.2. The van der Waals surface area contributed by atoms with Crippen molar-refractivity contribution in [3.63, 3.8) is 0 Å². The van der Waals surface area contributed by atoms with Gasteiger partial charge in [-0.3, -0.25) is 0 Å². The first-order valence-corrected chi connectivity index (χ1v) is 6.44. The fourth-order valence-electron chi connectivity index (χ4n) is 1.30. The Balaban J connectivity index is 4.29. The molecule has 2 unspecified atom stereocenters. The van der Waals surface area contributed by atoms with Gasteiger partial charge in [-0.05, 0) is 26.2 Å². The molecule has 2 N–H and O–H groups in total. The zero-order chi connectivity index (χ0) is 10.6. The van der Waals surface area contributed by atoms with Gasteiger partial charge in [0.25, 0.3) is 0 Å². The van der Waals surface area contributed by atoms with Crippen LogP contribution in [0.4, 0.5) is 0 Å². The Bertz CT molecular complexity index is 232. The molecule has 13 heavy (non-hydrogen) atoms. The zero-order valence-electron chi connectivity index (χ0n) is 8.95. The maximum Gasteiger partial charge on any atom is 0.153 e. The van der Waals surface area contributed by atoms with Crippen molar-refractivity contribution in [2.75, 3.05) is 5.75 Å². The molecule has 0 bridgehead atoms. The molecule has 0 aliphatic heterocycles. The lowest BCUT2D eigenvalue weighted by molar-refractivity contribution is 0.552. The number of hydrogen-bond acceptors (Lipinski definition) is 3. The Morgan fingerprint density at radius 1 is 1.15 bits per heavy atom. The van der Waals surface area contributed by atoms with Gasteiger partial charge in [0.05, 0.1) is 11.0 Å². The average Bonchev–Trinajstić information content (AvgIpc) is 1.81.